The molecule has 0 radical (unpaired) electrons. The van der Waals surface area contributed by atoms with Gasteiger partial charge >= 0.3 is 11.9 Å². The predicted molar refractivity (Wildman–Crippen MR) is 214 cm³/mol. The van der Waals surface area contributed by atoms with Crippen molar-refractivity contribution in [1.29, 1.82) is 0 Å². The SMILES string of the molecule is CC/C=C\C/C=C\C/C=C\C/C=C\CCCCC(=O)OC[C@H](CO)OC(=O)CCCCCCCCCCCCCCCCCCCCCCC. The third-order valence-corrected chi connectivity index (χ3v) is 9.14. The van der Waals surface area contributed by atoms with Gasteiger partial charge in [-0.05, 0) is 51.4 Å². The summed E-state index contributed by atoms with van der Waals surface area (Å²) in [4.78, 5) is 24.3. The van der Waals surface area contributed by atoms with Crippen LogP contribution in [0.1, 0.15) is 206 Å². The Bertz CT molecular complexity index is 842. The fraction of sp³-hybridized carbons (Fsp3) is 0.778. The van der Waals surface area contributed by atoms with E-state index in [4.69, 9.17) is 9.47 Å². The minimum atomic E-state index is -0.786. The van der Waals surface area contributed by atoms with Crippen LogP contribution in [0, 0.1) is 0 Å². The molecule has 0 aliphatic rings. The molecule has 290 valence electrons. The molecular weight excluding hydrogens is 620 g/mol. The quantitative estimate of drug-likeness (QED) is 0.0394. The van der Waals surface area contributed by atoms with Crippen LogP contribution in [-0.2, 0) is 19.1 Å². The van der Waals surface area contributed by atoms with Gasteiger partial charge < -0.3 is 14.6 Å². The second-order valence-electron chi connectivity index (χ2n) is 14.0. The van der Waals surface area contributed by atoms with Crippen LogP contribution >= 0.6 is 0 Å². The highest BCUT2D eigenvalue weighted by molar-refractivity contribution is 5.70. The maximum absolute atomic E-state index is 12.2. The molecule has 5 nitrogen and oxygen atoms in total. The molecule has 0 aliphatic carbocycles. The third kappa shape index (κ3) is 38.7. The standard InChI is InChI=1S/C45H80O5/c1-3-5-7-9-11-13-15-17-19-20-21-22-23-24-26-28-30-32-34-36-38-40-45(48)50-43(41-46)42-49-44(47)39-37-35-33-31-29-27-25-18-16-14-12-10-8-6-4-2/h6,8,12,14,18,25,29,31,43,46H,3-5,7,9-11,13,15-17,19-24,26-28,30,32-42H2,1-2H3/b8-6-,14-12-,25-18-,31-29-/t43-/m0/s1. The molecule has 0 rings (SSSR count). The number of carbonyl (C=O) groups excluding carboxylic acids is 2. The molecule has 0 aromatic carbocycles. The van der Waals surface area contributed by atoms with Crippen molar-refractivity contribution in [2.45, 2.75) is 213 Å². The number of aliphatic hydroxyl groups is 1. The van der Waals surface area contributed by atoms with Crippen LogP contribution in [0.15, 0.2) is 48.6 Å². The molecule has 0 amide bonds. The second-order valence-corrected chi connectivity index (χ2v) is 14.0. The Hall–Kier alpha value is -2.14. The van der Waals surface area contributed by atoms with Crippen molar-refractivity contribution in [2.75, 3.05) is 13.2 Å². The van der Waals surface area contributed by atoms with Gasteiger partial charge in [0.15, 0.2) is 6.10 Å². The highest BCUT2D eigenvalue weighted by Crippen LogP contribution is 2.15. The first-order valence-corrected chi connectivity index (χ1v) is 21.2. The maximum Gasteiger partial charge on any atom is 0.306 e. The Morgan fingerprint density at radius 1 is 0.480 bits per heavy atom. The number of hydrogen-bond donors (Lipinski definition) is 1. The minimum absolute atomic E-state index is 0.0861. The van der Waals surface area contributed by atoms with Crippen LogP contribution in [0.2, 0.25) is 0 Å². The number of hydrogen-bond acceptors (Lipinski definition) is 5. The van der Waals surface area contributed by atoms with Gasteiger partial charge in [-0.25, -0.2) is 0 Å². The molecule has 0 aromatic rings. The summed E-state index contributed by atoms with van der Waals surface area (Å²) in [7, 11) is 0. The molecule has 0 saturated carbocycles. The van der Waals surface area contributed by atoms with Gasteiger partial charge in [-0.2, -0.15) is 0 Å². The topological polar surface area (TPSA) is 72.8 Å². The average molecular weight is 701 g/mol. The first kappa shape index (κ1) is 47.9. The molecule has 0 saturated heterocycles. The summed E-state index contributed by atoms with van der Waals surface area (Å²) in [6, 6.07) is 0. The smallest absolute Gasteiger partial charge is 0.306 e. The van der Waals surface area contributed by atoms with Gasteiger partial charge in [-0.1, -0.05) is 191 Å². The number of esters is 2. The minimum Gasteiger partial charge on any atom is -0.462 e. The van der Waals surface area contributed by atoms with E-state index < -0.39 is 6.10 Å². The number of allylic oxidation sites excluding steroid dienone is 8. The van der Waals surface area contributed by atoms with Crippen LogP contribution in [0.3, 0.4) is 0 Å². The van der Waals surface area contributed by atoms with Gasteiger partial charge in [0, 0.05) is 12.8 Å². The Morgan fingerprint density at radius 2 is 0.860 bits per heavy atom. The zero-order valence-electron chi connectivity index (χ0n) is 32.9. The monoisotopic (exact) mass is 701 g/mol. The summed E-state index contributed by atoms with van der Waals surface area (Å²) >= 11 is 0. The zero-order valence-corrected chi connectivity index (χ0v) is 32.9. The van der Waals surface area contributed by atoms with E-state index in [1.807, 2.05) is 0 Å². The van der Waals surface area contributed by atoms with Crippen LogP contribution in [0.4, 0.5) is 0 Å². The lowest BCUT2D eigenvalue weighted by atomic mass is 10.0. The van der Waals surface area contributed by atoms with Crippen LogP contribution in [-0.4, -0.2) is 36.4 Å². The van der Waals surface area contributed by atoms with E-state index >= 15 is 0 Å². The molecule has 1 atom stereocenters. The van der Waals surface area contributed by atoms with E-state index in [9.17, 15) is 14.7 Å². The van der Waals surface area contributed by atoms with Gasteiger partial charge in [0.05, 0.1) is 6.61 Å². The lowest BCUT2D eigenvalue weighted by molar-refractivity contribution is -0.161. The molecular formula is C45H80O5. The van der Waals surface area contributed by atoms with E-state index in [-0.39, 0.29) is 25.2 Å². The van der Waals surface area contributed by atoms with Crippen molar-refractivity contribution in [2.24, 2.45) is 0 Å². The molecule has 0 bridgehead atoms. The van der Waals surface area contributed by atoms with E-state index in [1.54, 1.807) is 0 Å². The van der Waals surface area contributed by atoms with Gasteiger partial charge in [0.25, 0.3) is 0 Å². The number of aliphatic hydroxyl groups excluding tert-OH is 1. The van der Waals surface area contributed by atoms with Crippen molar-refractivity contribution in [3.8, 4) is 0 Å². The van der Waals surface area contributed by atoms with Crippen molar-refractivity contribution in [1.82, 2.24) is 0 Å². The van der Waals surface area contributed by atoms with Crippen molar-refractivity contribution in [3.05, 3.63) is 48.6 Å². The number of unbranched alkanes of at least 4 members (excludes halogenated alkanes) is 22. The van der Waals surface area contributed by atoms with Gasteiger partial charge in [0.2, 0.25) is 0 Å². The van der Waals surface area contributed by atoms with Crippen LogP contribution in [0.5, 0.6) is 0 Å². The summed E-state index contributed by atoms with van der Waals surface area (Å²) in [5, 5.41) is 9.56. The molecule has 5 heteroatoms. The lowest BCUT2D eigenvalue weighted by Gasteiger charge is -2.15. The average Bonchev–Trinajstić information content (AvgIpc) is 3.12. The Labute approximate surface area is 309 Å². The largest absolute Gasteiger partial charge is 0.462 e. The fourth-order valence-electron chi connectivity index (χ4n) is 5.96. The summed E-state index contributed by atoms with van der Waals surface area (Å²) in [6.07, 6.45) is 51.9. The molecule has 50 heavy (non-hydrogen) atoms. The maximum atomic E-state index is 12.2. The Morgan fingerprint density at radius 3 is 1.30 bits per heavy atom. The summed E-state index contributed by atoms with van der Waals surface area (Å²) < 4.78 is 10.6. The Kier molecular flexibility index (Phi) is 39.5. The van der Waals surface area contributed by atoms with E-state index in [2.05, 4.69) is 62.5 Å². The highest BCUT2D eigenvalue weighted by Gasteiger charge is 2.16. The third-order valence-electron chi connectivity index (χ3n) is 9.14. The van der Waals surface area contributed by atoms with Gasteiger partial charge in [-0.15, -0.1) is 0 Å². The van der Waals surface area contributed by atoms with E-state index in [0.717, 1.165) is 64.2 Å². The molecule has 0 spiro atoms. The predicted octanol–water partition coefficient (Wildman–Crippen LogP) is 13.4. The van der Waals surface area contributed by atoms with Crippen molar-refractivity contribution >= 4 is 11.9 Å². The van der Waals surface area contributed by atoms with Crippen molar-refractivity contribution < 1.29 is 24.2 Å². The number of rotatable bonds is 38. The number of ether oxygens (including phenoxy) is 2. The van der Waals surface area contributed by atoms with Gasteiger partial charge in [-0.3, -0.25) is 9.59 Å². The van der Waals surface area contributed by atoms with Crippen molar-refractivity contribution in [3.63, 3.8) is 0 Å². The second kappa shape index (κ2) is 41.3. The molecule has 0 aliphatic heterocycles. The Balaban J connectivity index is 3.55. The van der Waals surface area contributed by atoms with E-state index in [1.165, 1.54) is 116 Å². The van der Waals surface area contributed by atoms with Gasteiger partial charge in [0.1, 0.15) is 6.61 Å². The number of carbonyl (C=O) groups is 2. The highest BCUT2D eigenvalue weighted by atomic mass is 16.6. The zero-order chi connectivity index (χ0) is 36.4. The summed E-state index contributed by atoms with van der Waals surface area (Å²) in [6.45, 7) is 4.00. The van der Waals surface area contributed by atoms with Crippen LogP contribution < -0.4 is 0 Å². The summed E-state index contributed by atoms with van der Waals surface area (Å²) in [5.41, 5.74) is 0. The normalized spacial score (nSPS) is 12.6. The summed E-state index contributed by atoms with van der Waals surface area (Å²) in [5.74, 6) is -0.634. The van der Waals surface area contributed by atoms with E-state index in [0.29, 0.717) is 12.8 Å². The fourth-order valence-corrected chi connectivity index (χ4v) is 5.96. The molecule has 0 unspecified atom stereocenters. The first-order valence-electron chi connectivity index (χ1n) is 21.2. The lowest BCUT2D eigenvalue weighted by Crippen LogP contribution is -2.28. The molecule has 0 fully saturated rings. The van der Waals surface area contributed by atoms with Crippen LogP contribution in [0.25, 0.3) is 0 Å². The molecule has 1 N–H and O–H groups in total. The molecule has 0 aromatic heterocycles. The molecule has 0 heterocycles. The first-order chi connectivity index (χ1) is 24.6.